The normalized spacial score (nSPS) is 17.0. The molecule has 17 heteroatoms. The number of carboxylic acid groups (broad SMARTS) is 1. The number of quaternary nitrogens is 1. The Kier molecular flexibility index (Phi) is 6.27. The Balaban J connectivity index is 0. The molecule has 0 aromatic heterocycles. The summed E-state index contributed by atoms with van der Waals surface area (Å²) in [4.78, 5) is 9.80. The van der Waals surface area contributed by atoms with Crippen molar-refractivity contribution >= 4 is 5.97 Å². The Bertz CT molecular complexity index is 469. The van der Waals surface area contributed by atoms with Crippen molar-refractivity contribution in [2.24, 2.45) is 0 Å². The van der Waals surface area contributed by atoms with Gasteiger partial charge in [-0.25, -0.2) is 0 Å². The van der Waals surface area contributed by atoms with Gasteiger partial charge in [-0.05, 0) is 0 Å². The molecular formula is C7H4F13NO3. The van der Waals surface area contributed by atoms with Gasteiger partial charge in [0.2, 0.25) is 0 Å². The fourth-order valence-electron chi connectivity index (χ4n) is 0.817. The second-order valence-electron chi connectivity index (χ2n) is 3.65. The van der Waals surface area contributed by atoms with E-state index in [4.69, 9.17) is 0 Å². The third kappa shape index (κ3) is 3.60. The largest absolute Gasteiger partial charge is 0.544 e. The number of alkyl halides is 13. The molecule has 24 heavy (non-hydrogen) atoms. The van der Waals surface area contributed by atoms with E-state index in [1.807, 2.05) is 0 Å². The van der Waals surface area contributed by atoms with Crippen LogP contribution < -0.4 is 11.3 Å². The highest BCUT2D eigenvalue weighted by molar-refractivity contribution is 5.74. The maximum Gasteiger partial charge on any atom is 0.460 e. The first-order valence-electron chi connectivity index (χ1n) is 4.52. The molecular weight excluding hydrogens is 393 g/mol. The number of rotatable bonds is 5. The van der Waals surface area contributed by atoms with Crippen molar-refractivity contribution in [3.05, 3.63) is 0 Å². The van der Waals surface area contributed by atoms with Crippen LogP contribution >= 0.6 is 0 Å². The summed E-state index contributed by atoms with van der Waals surface area (Å²) < 4.78 is 160. The van der Waals surface area contributed by atoms with Crippen molar-refractivity contribution in [1.29, 1.82) is 0 Å². The number of carbonyl (C=O) groups is 1. The molecule has 0 heterocycles. The highest BCUT2D eigenvalue weighted by atomic mass is 19.4. The molecule has 0 aliphatic heterocycles. The van der Waals surface area contributed by atoms with Gasteiger partial charge in [-0.3, -0.25) is 4.74 Å². The third-order valence-electron chi connectivity index (χ3n) is 2.01. The summed E-state index contributed by atoms with van der Waals surface area (Å²) in [6.45, 7) is 0. The molecule has 0 bridgehead atoms. The zero-order valence-electron chi connectivity index (χ0n) is 10.6. The van der Waals surface area contributed by atoms with Crippen LogP contribution in [0.25, 0.3) is 0 Å². The first-order valence-corrected chi connectivity index (χ1v) is 4.52. The molecule has 4 N–H and O–H groups in total. The summed E-state index contributed by atoms with van der Waals surface area (Å²) in [5.74, 6) is -26.6. The topological polar surface area (TPSA) is 85.9 Å². The highest BCUT2D eigenvalue weighted by Crippen LogP contribution is 2.55. The number of hydrogen-bond donors (Lipinski definition) is 1. The minimum absolute atomic E-state index is 0. The van der Waals surface area contributed by atoms with Crippen molar-refractivity contribution in [2.45, 2.75) is 36.2 Å². The standard InChI is InChI=1S/C7HF13O3.H3N/c8-2(1(21)22,5(13,14)15)23-7(19,20)4(11,12)3(9,10)6(16,17)18;/h(H,21,22);1H3. The maximum absolute atomic E-state index is 12.8. The van der Waals surface area contributed by atoms with Gasteiger partial charge < -0.3 is 16.1 Å². The summed E-state index contributed by atoms with van der Waals surface area (Å²) in [6, 6.07) is 0. The Hall–Kier alpha value is -1.52. The molecule has 4 nitrogen and oxygen atoms in total. The van der Waals surface area contributed by atoms with E-state index >= 15 is 0 Å². The summed E-state index contributed by atoms with van der Waals surface area (Å²) in [7, 11) is 0. The molecule has 1 unspecified atom stereocenters. The van der Waals surface area contributed by atoms with E-state index in [2.05, 4.69) is 0 Å². The lowest BCUT2D eigenvalue weighted by Gasteiger charge is -2.37. The van der Waals surface area contributed by atoms with Gasteiger partial charge >= 0.3 is 36.2 Å². The monoisotopic (exact) mass is 397 g/mol. The lowest BCUT2D eigenvalue weighted by molar-refractivity contribution is -0.493. The SMILES string of the molecule is O=C([O-])C(F)(OC(F)(F)C(F)(F)C(F)(F)C(F)(F)F)C(F)(F)F.[NH4+]. The molecule has 0 aliphatic rings. The average Bonchev–Trinajstić information content (AvgIpc) is 2.24. The molecule has 0 rings (SSSR count). The molecule has 0 spiro atoms. The molecule has 0 saturated heterocycles. The van der Waals surface area contributed by atoms with Crippen molar-refractivity contribution in [3.8, 4) is 0 Å². The van der Waals surface area contributed by atoms with Crippen molar-refractivity contribution in [2.75, 3.05) is 0 Å². The van der Waals surface area contributed by atoms with Crippen LogP contribution in [0.15, 0.2) is 0 Å². The number of halogens is 13. The van der Waals surface area contributed by atoms with Crippen LogP contribution in [0.5, 0.6) is 0 Å². The van der Waals surface area contributed by atoms with Crippen LogP contribution in [-0.2, 0) is 9.53 Å². The van der Waals surface area contributed by atoms with E-state index in [-0.39, 0.29) is 6.15 Å². The number of hydrogen-bond acceptors (Lipinski definition) is 3. The molecule has 0 aromatic rings. The second kappa shape index (κ2) is 6.08. The Morgan fingerprint density at radius 1 is 0.667 bits per heavy atom. The van der Waals surface area contributed by atoms with Crippen LogP contribution in [0.4, 0.5) is 57.1 Å². The first-order chi connectivity index (χ1) is 9.65. The van der Waals surface area contributed by atoms with Gasteiger partial charge in [0.25, 0.3) is 0 Å². The van der Waals surface area contributed by atoms with E-state index in [1.54, 1.807) is 0 Å². The smallest absolute Gasteiger partial charge is 0.460 e. The maximum atomic E-state index is 12.8. The van der Waals surface area contributed by atoms with Crippen LogP contribution in [-0.4, -0.2) is 42.1 Å². The molecule has 1 atom stereocenters. The van der Waals surface area contributed by atoms with Gasteiger partial charge in [0.1, 0.15) is 5.97 Å². The van der Waals surface area contributed by atoms with E-state index in [1.165, 1.54) is 4.74 Å². The van der Waals surface area contributed by atoms with Crippen molar-refractivity contribution in [3.63, 3.8) is 0 Å². The number of carboxylic acids is 1. The van der Waals surface area contributed by atoms with Crippen LogP contribution in [0, 0.1) is 0 Å². The zero-order valence-corrected chi connectivity index (χ0v) is 10.6. The molecule has 0 aliphatic carbocycles. The zero-order chi connectivity index (χ0) is 19.3. The fraction of sp³-hybridized carbons (Fsp3) is 0.857. The molecule has 0 saturated carbocycles. The van der Waals surface area contributed by atoms with E-state index in [9.17, 15) is 67.0 Å². The lowest BCUT2D eigenvalue weighted by Crippen LogP contribution is -2.67. The molecule has 0 fully saturated rings. The summed E-state index contributed by atoms with van der Waals surface area (Å²) in [5.41, 5.74) is 0. The van der Waals surface area contributed by atoms with Crippen LogP contribution in [0.2, 0.25) is 0 Å². The predicted molar refractivity (Wildman–Crippen MR) is 42.9 cm³/mol. The highest BCUT2D eigenvalue weighted by Gasteiger charge is 2.84. The fourth-order valence-corrected chi connectivity index (χ4v) is 0.817. The van der Waals surface area contributed by atoms with Gasteiger partial charge in [-0.1, -0.05) is 0 Å². The van der Waals surface area contributed by atoms with Crippen molar-refractivity contribution in [1.82, 2.24) is 6.15 Å². The quantitative estimate of drug-likeness (QED) is 0.725. The van der Waals surface area contributed by atoms with Gasteiger partial charge in [-0.2, -0.15) is 57.1 Å². The average molecular weight is 397 g/mol. The minimum atomic E-state index is -7.81. The van der Waals surface area contributed by atoms with Crippen LogP contribution in [0.1, 0.15) is 0 Å². The number of aliphatic carboxylic acids is 1. The van der Waals surface area contributed by atoms with Gasteiger partial charge in [-0.15, -0.1) is 0 Å². The number of carbonyl (C=O) groups excluding carboxylic acids is 1. The minimum Gasteiger partial charge on any atom is -0.544 e. The van der Waals surface area contributed by atoms with E-state index in [0.29, 0.717) is 0 Å². The summed E-state index contributed by atoms with van der Waals surface area (Å²) in [5, 5.41) is 9.80. The molecule has 0 amide bonds. The Morgan fingerprint density at radius 2 is 1.00 bits per heavy atom. The third-order valence-corrected chi connectivity index (χ3v) is 2.01. The van der Waals surface area contributed by atoms with Crippen LogP contribution in [0.3, 0.4) is 0 Å². The van der Waals surface area contributed by atoms with Crippen molar-refractivity contribution < 1.29 is 71.7 Å². The molecule has 0 aromatic carbocycles. The van der Waals surface area contributed by atoms with E-state index in [0.717, 1.165) is 0 Å². The Labute approximate surface area is 121 Å². The van der Waals surface area contributed by atoms with Gasteiger partial charge in [0.15, 0.2) is 0 Å². The summed E-state index contributed by atoms with van der Waals surface area (Å²) >= 11 is 0. The van der Waals surface area contributed by atoms with Gasteiger partial charge in [0.05, 0.1) is 0 Å². The van der Waals surface area contributed by atoms with E-state index < -0.39 is 42.1 Å². The van der Waals surface area contributed by atoms with Gasteiger partial charge in [0, 0.05) is 0 Å². The lowest BCUT2D eigenvalue weighted by atomic mass is 10.1. The first kappa shape index (κ1) is 24.7. The predicted octanol–water partition coefficient (Wildman–Crippen LogP) is 2.78. The second-order valence-corrected chi connectivity index (χ2v) is 3.65. The number of ether oxygens (including phenoxy) is 1. The molecule has 0 radical (unpaired) electrons. The molecule has 146 valence electrons. The Morgan fingerprint density at radius 3 is 1.21 bits per heavy atom. The summed E-state index contributed by atoms with van der Waals surface area (Å²) in [6.07, 6.45) is -22.1.